The van der Waals surface area contributed by atoms with E-state index in [1.807, 2.05) is 43.3 Å². The second-order valence-corrected chi connectivity index (χ2v) is 8.18. The van der Waals surface area contributed by atoms with E-state index >= 15 is 0 Å². The molecule has 0 aromatic heterocycles. The molecule has 2 aliphatic rings. The summed E-state index contributed by atoms with van der Waals surface area (Å²) in [6.45, 7) is 7.39. The van der Waals surface area contributed by atoms with Crippen LogP contribution in [-0.4, -0.2) is 24.8 Å². The molecule has 1 heterocycles. The highest BCUT2D eigenvalue weighted by atomic mass is 16.5. The lowest BCUT2D eigenvalue weighted by Crippen LogP contribution is -2.26. The maximum Gasteiger partial charge on any atom is 0.251 e. The van der Waals surface area contributed by atoms with Crippen LogP contribution in [0.2, 0.25) is 0 Å². The van der Waals surface area contributed by atoms with Crippen LogP contribution in [0, 0.1) is 5.41 Å². The second kappa shape index (κ2) is 7.36. The van der Waals surface area contributed by atoms with Gasteiger partial charge in [-0.25, -0.2) is 0 Å². The van der Waals surface area contributed by atoms with Crippen LogP contribution in [0.5, 0.6) is 0 Å². The van der Waals surface area contributed by atoms with Crippen molar-refractivity contribution < 1.29 is 14.3 Å². The first-order valence-electron chi connectivity index (χ1n) is 10.00. The van der Waals surface area contributed by atoms with Gasteiger partial charge in [0.15, 0.2) is 5.78 Å². The van der Waals surface area contributed by atoms with E-state index in [1.54, 1.807) is 12.3 Å². The van der Waals surface area contributed by atoms with E-state index in [9.17, 15) is 9.59 Å². The molecule has 0 radical (unpaired) electrons. The van der Waals surface area contributed by atoms with Crippen molar-refractivity contribution in [3.8, 4) is 0 Å². The first kappa shape index (κ1) is 19.2. The Labute approximate surface area is 170 Å². The third-order valence-corrected chi connectivity index (χ3v) is 5.75. The molecule has 4 heteroatoms. The number of carbonyl (C=O) groups excluding carboxylic acids is 2. The highest BCUT2D eigenvalue weighted by Crippen LogP contribution is 2.42. The fraction of sp³-hybridized carbons (Fsp3) is 0.280. The van der Waals surface area contributed by atoms with Crippen LogP contribution in [0.1, 0.15) is 47.9 Å². The summed E-state index contributed by atoms with van der Waals surface area (Å²) in [6.07, 6.45) is 6.44. The lowest BCUT2D eigenvalue weighted by molar-refractivity contribution is 0.0955. The fourth-order valence-electron chi connectivity index (χ4n) is 3.99. The summed E-state index contributed by atoms with van der Waals surface area (Å²) >= 11 is 0. The van der Waals surface area contributed by atoms with Gasteiger partial charge in [-0.2, -0.15) is 0 Å². The third kappa shape index (κ3) is 3.51. The quantitative estimate of drug-likeness (QED) is 0.754. The number of Topliss-reactive ketones (excluding diaryl/α,β-unsaturated/α-hetero) is 1. The van der Waals surface area contributed by atoms with Crippen molar-refractivity contribution in [2.45, 2.75) is 27.2 Å². The summed E-state index contributed by atoms with van der Waals surface area (Å²) in [6, 6.07) is 11.2. The average molecular weight is 387 g/mol. The van der Waals surface area contributed by atoms with Crippen molar-refractivity contribution >= 4 is 22.5 Å². The monoisotopic (exact) mass is 387 g/mol. The van der Waals surface area contributed by atoms with E-state index in [0.717, 1.165) is 28.3 Å². The number of hydrogen-bond donors (Lipinski definition) is 1. The minimum absolute atomic E-state index is 0.0112. The summed E-state index contributed by atoms with van der Waals surface area (Å²) in [7, 11) is 0. The zero-order chi connectivity index (χ0) is 20.6. The van der Waals surface area contributed by atoms with Crippen LogP contribution in [0.4, 0.5) is 0 Å². The van der Waals surface area contributed by atoms with Gasteiger partial charge in [0.1, 0.15) is 6.61 Å². The van der Waals surface area contributed by atoms with Crippen molar-refractivity contribution in [2.24, 2.45) is 5.41 Å². The number of hydrogen-bond acceptors (Lipinski definition) is 3. The molecule has 29 heavy (non-hydrogen) atoms. The molecule has 0 spiro atoms. The van der Waals surface area contributed by atoms with Crippen LogP contribution in [0.3, 0.4) is 0 Å². The third-order valence-electron chi connectivity index (χ3n) is 5.75. The molecule has 148 valence electrons. The van der Waals surface area contributed by atoms with Crippen molar-refractivity contribution in [1.29, 1.82) is 0 Å². The molecular formula is C25H25NO3. The summed E-state index contributed by atoms with van der Waals surface area (Å²) in [5.74, 6) is -0.0652. The van der Waals surface area contributed by atoms with Crippen LogP contribution in [0.15, 0.2) is 71.5 Å². The standard InChI is InChI=1S/C25H25NO3/c1-4-26-24(28)19-8-6-16-13-18(7-5-17(16)14-19)23(27)21-9-11-25(2,3)22-15-29-12-10-20(21)22/h5-10,12-14H,4,11,15H2,1-3H3,(H,26,28). The highest BCUT2D eigenvalue weighted by molar-refractivity contribution is 6.14. The first-order valence-corrected chi connectivity index (χ1v) is 10.00. The van der Waals surface area contributed by atoms with E-state index in [2.05, 4.69) is 25.2 Å². The summed E-state index contributed by atoms with van der Waals surface area (Å²) in [5, 5.41) is 4.69. The van der Waals surface area contributed by atoms with E-state index in [1.165, 1.54) is 5.57 Å². The van der Waals surface area contributed by atoms with Crippen molar-refractivity contribution in [3.63, 3.8) is 0 Å². The molecule has 2 aromatic carbocycles. The molecule has 1 aliphatic carbocycles. The van der Waals surface area contributed by atoms with Crippen LogP contribution >= 0.6 is 0 Å². The maximum absolute atomic E-state index is 13.3. The topological polar surface area (TPSA) is 55.4 Å². The molecule has 4 nitrogen and oxygen atoms in total. The number of rotatable bonds is 4. The Balaban J connectivity index is 1.68. The molecule has 2 aromatic rings. The van der Waals surface area contributed by atoms with Crippen LogP contribution in [-0.2, 0) is 4.74 Å². The first-order chi connectivity index (χ1) is 13.9. The Bertz CT molecular complexity index is 1100. The van der Waals surface area contributed by atoms with Gasteiger partial charge in [0.05, 0.1) is 6.26 Å². The molecule has 1 amide bonds. The Morgan fingerprint density at radius 1 is 1.07 bits per heavy atom. The van der Waals surface area contributed by atoms with Gasteiger partial charge in [-0.1, -0.05) is 38.1 Å². The number of carbonyl (C=O) groups is 2. The number of amides is 1. The van der Waals surface area contributed by atoms with Crippen molar-refractivity contribution in [1.82, 2.24) is 5.32 Å². The predicted molar refractivity (Wildman–Crippen MR) is 115 cm³/mol. The highest BCUT2D eigenvalue weighted by Gasteiger charge is 2.33. The number of fused-ring (bicyclic) bond motifs is 1. The molecule has 1 aliphatic heterocycles. The second-order valence-electron chi connectivity index (χ2n) is 8.18. The Hall–Kier alpha value is -3.14. The SMILES string of the molecule is CCNC(=O)c1ccc2cc(C(=O)C3=CCC(C)(C)C4=C3C=COC4)ccc2c1. The Kier molecular flexibility index (Phi) is 4.87. The van der Waals surface area contributed by atoms with Gasteiger partial charge in [-0.15, -0.1) is 0 Å². The number of ketones is 1. The molecule has 0 atom stereocenters. The molecule has 0 fully saturated rings. The molecule has 0 saturated carbocycles. The van der Waals surface area contributed by atoms with Gasteiger partial charge in [-0.3, -0.25) is 9.59 Å². The fourth-order valence-corrected chi connectivity index (χ4v) is 3.99. The van der Waals surface area contributed by atoms with Gasteiger partial charge in [-0.05, 0) is 65.0 Å². The van der Waals surface area contributed by atoms with Crippen LogP contribution < -0.4 is 5.32 Å². The smallest absolute Gasteiger partial charge is 0.251 e. The molecular weight excluding hydrogens is 362 g/mol. The van der Waals surface area contributed by atoms with Gasteiger partial charge >= 0.3 is 0 Å². The predicted octanol–water partition coefficient (Wildman–Crippen LogP) is 4.97. The van der Waals surface area contributed by atoms with Gasteiger partial charge < -0.3 is 10.1 Å². The summed E-state index contributed by atoms with van der Waals surface area (Å²) in [5.41, 5.74) is 4.18. The molecule has 0 unspecified atom stereocenters. The zero-order valence-corrected chi connectivity index (χ0v) is 17.0. The molecule has 0 bridgehead atoms. The normalized spacial score (nSPS) is 17.4. The number of allylic oxidation sites excluding steroid dienone is 4. The van der Waals surface area contributed by atoms with E-state index in [4.69, 9.17) is 4.74 Å². The van der Waals surface area contributed by atoms with Gasteiger partial charge in [0.25, 0.3) is 5.91 Å². The Morgan fingerprint density at radius 2 is 1.76 bits per heavy atom. The van der Waals surface area contributed by atoms with Crippen LogP contribution in [0.25, 0.3) is 10.8 Å². The largest absolute Gasteiger partial charge is 0.497 e. The average Bonchev–Trinajstić information content (AvgIpc) is 2.73. The maximum atomic E-state index is 13.3. The van der Waals surface area contributed by atoms with Gasteiger partial charge in [0.2, 0.25) is 0 Å². The minimum Gasteiger partial charge on any atom is -0.497 e. The summed E-state index contributed by atoms with van der Waals surface area (Å²) < 4.78 is 5.50. The zero-order valence-electron chi connectivity index (χ0n) is 17.0. The summed E-state index contributed by atoms with van der Waals surface area (Å²) in [4.78, 5) is 25.4. The van der Waals surface area contributed by atoms with E-state index in [-0.39, 0.29) is 17.1 Å². The lowest BCUT2D eigenvalue weighted by atomic mass is 9.72. The number of nitrogens with one attached hydrogen (secondary N) is 1. The molecule has 4 rings (SSSR count). The lowest BCUT2D eigenvalue weighted by Gasteiger charge is -2.35. The van der Waals surface area contributed by atoms with Crippen molar-refractivity contribution in [2.75, 3.05) is 13.2 Å². The Morgan fingerprint density at radius 3 is 2.48 bits per heavy atom. The number of benzene rings is 2. The van der Waals surface area contributed by atoms with E-state index in [0.29, 0.717) is 24.3 Å². The van der Waals surface area contributed by atoms with Crippen molar-refractivity contribution in [3.05, 3.63) is 82.7 Å². The number of ether oxygens (including phenoxy) is 1. The minimum atomic E-state index is -0.0877. The molecule has 0 saturated heterocycles. The van der Waals surface area contributed by atoms with E-state index < -0.39 is 0 Å². The molecule has 1 N–H and O–H groups in total. The van der Waals surface area contributed by atoms with Gasteiger partial charge in [0, 0.05) is 23.2 Å².